The van der Waals surface area contributed by atoms with Gasteiger partial charge in [-0.1, -0.05) is 32.0 Å². The Hall–Kier alpha value is -1.06. The van der Waals surface area contributed by atoms with Crippen molar-refractivity contribution >= 4 is 5.69 Å². The number of para-hydroxylation sites is 1. The Morgan fingerprint density at radius 2 is 1.93 bits per heavy atom. The molecule has 84 valence electrons. The third-order valence-corrected chi connectivity index (χ3v) is 2.32. The molecular weight excluding hydrogens is 190 g/mol. The van der Waals surface area contributed by atoms with Crippen LogP contribution in [-0.2, 0) is 0 Å². The number of aliphatic hydroxyl groups excluding tert-OH is 2. The SMILES string of the molecule is CC(C)c1ccccc1NC[C@H](O)CO. The first-order valence-electron chi connectivity index (χ1n) is 5.27. The predicted octanol–water partition coefficient (Wildman–Crippen LogP) is 1.58. The summed E-state index contributed by atoms with van der Waals surface area (Å²) in [5.41, 5.74) is 2.25. The van der Waals surface area contributed by atoms with Crippen LogP contribution >= 0.6 is 0 Å². The number of aliphatic hydroxyl groups is 2. The van der Waals surface area contributed by atoms with E-state index in [9.17, 15) is 5.11 Å². The lowest BCUT2D eigenvalue weighted by molar-refractivity contribution is 0.105. The van der Waals surface area contributed by atoms with E-state index in [1.165, 1.54) is 5.56 Å². The number of anilines is 1. The van der Waals surface area contributed by atoms with Gasteiger partial charge in [-0.05, 0) is 17.5 Å². The molecule has 0 aliphatic heterocycles. The highest BCUT2D eigenvalue weighted by Gasteiger charge is 2.07. The number of rotatable bonds is 5. The van der Waals surface area contributed by atoms with Gasteiger partial charge in [-0.15, -0.1) is 0 Å². The van der Waals surface area contributed by atoms with Gasteiger partial charge in [0, 0.05) is 12.2 Å². The minimum absolute atomic E-state index is 0.211. The molecule has 1 atom stereocenters. The minimum Gasteiger partial charge on any atom is -0.394 e. The van der Waals surface area contributed by atoms with Gasteiger partial charge in [-0.2, -0.15) is 0 Å². The van der Waals surface area contributed by atoms with Gasteiger partial charge in [-0.3, -0.25) is 0 Å². The van der Waals surface area contributed by atoms with Crippen LogP contribution in [0.3, 0.4) is 0 Å². The molecule has 0 fully saturated rings. The first kappa shape index (κ1) is 12.0. The number of nitrogens with one attached hydrogen (secondary N) is 1. The third-order valence-electron chi connectivity index (χ3n) is 2.32. The molecule has 0 bridgehead atoms. The molecule has 3 nitrogen and oxygen atoms in total. The van der Waals surface area contributed by atoms with Gasteiger partial charge in [0.2, 0.25) is 0 Å². The summed E-state index contributed by atoms with van der Waals surface area (Å²) in [7, 11) is 0. The van der Waals surface area contributed by atoms with Gasteiger partial charge >= 0.3 is 0 Å². The second-order valence-corrected chi connectivity index (χ2v) is 3.96. The number of hydrogen-bond acceptors (Lipinski definition) is 3. The van der Waals surface area contributed by atoms with Crippen molar-refractivity contribution in [3.8, 4) is 0 Å². The minimum atomic E-state index is -0.704. The molecule has 3 N–H and O–H groups in total. The number of benzene rings is 1. The summed E-state index contributed by atoms with van der Waals surface area (Å²) in [6.45, 7) is 4.42. The van der Waals surface area contributed by atoms with Crippen LogP contribution in [0.25, 0.3) is 0 Å². The van der Waals surface area contributed by atoms with Crippen molar-refractivity contribution in [2.45, 2.75) is 25.9 Å². The lowest BCUT2D eigenvalue weighted by Crippen LogP contribution is -2.23. The smallest absolute Gasteiger partial charge is 0.0942 e. The Kier molecular flexibility index (Phi) is 4.59. The van der Waals surface area contributed by atoms with Crippen molar-refractivity contribution in [1.82, 2.24) is 0 Å². The molecule has 0 heterocycles. The van der Waals surface area contributed by atoms with Crippen molar-refractivity contribution in [3.05, 3.63) is 29.8 Å². The summed E-state index contributed by atoms with van der Waals surface area (Å²) < 4.78 is 0. The molecule has 0 amide bonds. The molecule has 0 aliphatic carbocycles. The zero-order chi connectivity index (χ0) is 11.3. The van der Waals surface area contributed by atoms with Crippen LogP contribution in [0.1, 0.15) is 25.3 Å². The Labute approximate surface area is 90.8 Å². The molecule has 0 saturated carbocycles. The van der Waals surface area contributed by atoms with Crippen LogP contribution in [0.4, 0.5) is 5.69 Å². The summed E-state index contributed by atoms with van der Waals surface area (Å²) in [5.74, 6) is 0.444. The molecular formula is C12H19NO2. The molecule has 3 heteroatoms. The van der Waals surface area contributed by atoms with Gasteiger partial charge in [-0.25, -0.2) is 0 Å². The highest BCUT2D eigenvalue weighted by atomic mass is 16.3. The van der Waals surface area contributed by atoms with Gasteiger partial charge in [0.05, 0.1) is 12.7 Å². The molecule has 0 unspecified atom stereocenters. The van der Waals surface area contributed by atoms with Crippen molar-refractivity contribution in [1.29, 1.82) is 0 Å². The summed E-state index contributed by atoms with van der Waals surface area (Å²) in [6.07, 6.45) is -0.704. The van der Waals surface area contributed by atoms with E-state index in [2.05, 4.69) is 25.2 Å². The van der Waals surface area contributed by atoms with E-state index in [4.69, 9.17) is 5.11 Å². The van der Waals surface area contributed by atoms with E-state index >= 15 is 0 Å². The molecule has 1 aromatic rings. The fourth-order valence-electron chi connectivity index (χ4n) is 1.45. The van der Waals surface area contributed by atoms with Crippen molar-refractivity contribution in [2.75, 3.05) is 18.5 Å². The zero-order valence-corrected chi connectivity index (χ0v) is 9.27. The maximum atomic E-state index is 9.24. The molecule has 0 spiro atoms. The van der Waals surface area contributed by atoms with Gasteiger partial charge < -0.3 is 15.5 Å². The van der Waals surface area contributed by atoms with Crippen LogP contribution in [-0.4, -0.2) is 29.5 Å². The highest BCUT2D eigenvalue weighted by molar-refractivity contribution is 5.52. The first-order valence-corrected chi connectivity index (χ1v) is 5.27. The normalized spacial score (nSPS) is 12.9. The van der Waals surface area contributed by atoms with Crippen LogP contribution in [0.2, 0.25) is 0 Å². The third kappa shape index (κ3) is 3.53. The molecule has 1 rings (SSSR count). The van der Waals surface area contributed by atoms with Crippen LogP contribution in [0.5, 0.6) is 0 Å². The second kappa shape index (κ2) is 5.73. The van der Waals surface area contributed by atoms with E-state index in [-0.39, 0.29) is 6.61 Å². The molecule has 0 aliphatic rings. The van der Waals surface area contributed by atoms with Gasteiger partial charge in [0.1, 0.15) is 0 Å². The average molecular weight is 209 g/mol. The Morgan fingerprint density at radius 1 is 1.27 bits per heavy atom. The predicted molar refractivity (Wildman–Crippen MR) is 62.1 cm³/mol. The maximum Gasteiger partial charge on any atom is 0.0942 e. The average Bonchev–Trinajstić information content (AvgIpc) is 2.26. The van der Waals surface area contributed by atoms with Crippen LogP contribution < -0.4 is 5.32 Å². The van der Waals surface area contributed by atoms with E-state index in [1.807, 2.05) is 18.2 Å². The first-order chi connectivity index (χ1) is 7.15. The quantitative estimate of drug-likeness (QED) is 0.690. The van der Waals surface area contributed by atoms with Crippen molar-refractivity contribution in [2.24, 2.45) is 0 Å². The zero-order valence-electron chi connectivity index (χ0n) is 9.27. The molecule has 15 heavy (non-hydrogen) atoms. The molecule has 0 aromatic heterocycles. The molecule has 1 aromatic carbocycles. The molecule has 0 saturated heterocycles. The molecule has 0 radical (unpaired) electrons. The summed E-state index contributed by atoms with van der Waals surface area (Å²) in [5, 5.41) is 21.1. The van der Waals surface area contributed by atoms with E-state index in [0.717, 1.165) is 5.69 Å². The highest BCUT2D eigenvalue weighted by Crippen LogP contribution is 2.23. The maximum absolute atomic E-state index is 9.24. The lowest BCUT2D eigenvalue weighted by Gasteiger charge is -2.16. The lowest BCUT2D eigenvalue weighted by atomic mass is 10.0. The van der Waals surface area contributed by atoms with E-state index < -0.39 is 6.10 Å². The fourth-order valence-corrected chi connectivity index (χ4v) is 1.45. The second-order valence-electron chi connectivity index (χ2n) is 3.96. The topological polar surface area (TPSA) is 52.5 Å². The largest absolute Gasteiger partial charge is 0.394 e. The van der Waals surface area contributed by atoms with Crippen molar-refractivity contribution in [3.63, 3.8) is 0 Å². The Morgan fingerprint density at radius 3 is 2.53 bits per heavy atom. The van der Waals surface area contributed by atoms with E-state index in [0.29, 0.717) is 12.5 Å². The van der Waals surface area contributed by atoms with E-state index in [1.54, 1.807) is 0 Å². The fraction of sp³-hybridized carbons (Fsp3) is 0.500. The van der Waals surface area contributed by atoms with Crippen LogP contribution in [0.15, 0.2) is 24.3 Å². The van der Waals surface area contributed by atoms with Gasteiger partial charge in [0.15, 0.2) is 0 Å². The monoisotopic (exact) mass is 209 g/mol. The Bertz CT molecular complexity index is 299. The summed E-state index contributed by atoms with van der Waals surface area (Å²) in [4.78, 5) is 0. The van der Waals surface area contributed by atoms with Gasteiger partial charge in [0.25, 0.3) is 0 Å². The van der Waals surface area contributed by atoms with Crippen LogP contribution in [0, 0.1) is 0 Å². The summed E-state index contributed by atoms with van der Waals surface area (Å²) >= 11 is 0. The Balaban J connectivity index is 2.67. The number of hydrogen-bond donors (Lipinski definition) is 3. The van der Waals surface area contributed by atoms with Crippen molar-refractivity contribution < 1.29 is 10.2 Å². The summed E-state index contributed by atoms with van der Waals surface area (Å²) in [6, 6.07) is 8.01. The standard InChI is InChI=1S/C12H19NO2/c1-9(2)11-5-3-4-6-12(11)13-7-10(15)8-14/h3-6,9-10,13-15H,7-8H2,1-2H3/t10-/m0/s1.